The van der Waals surface area contributed by atoms with Gasteiger partial charge >= 0.3 is 5.97 Å². The summed E-state index contributed by atoms with van der Waals surface area (Å²) in [6, 6.07) is 0. The van der Waals surface area contributed by atoms with E-state index in [1.807, 2.05) is 0 Å². The van der Waals surface area contributed by atoms with Gasteiger partial charge in [0, 0.05) is 13.2 Å². The second-order valence-corrected chi connectivity index (χ2v) is 3.33. The number of amides is 1. The molecule has 1 heterocycles. The van der Waals surface area contributed by atoms with Crippen LogP contribution in [0.2, 0.25) is 0 Å². The van der Waals surface area contributed by atoms with Crippen molar-refractivity contribution in [2.24, 2.45) is 5.73 Å². The summed E-state index contributed by atoms with van der Waals surface area (Å²) in [4.78, 5) is 25.0. The monoisotopic (exact) mass is 229 g/mol. The van der Waals surface area contributed by atoms with E-state index in [-0.39, 0.29) is 18.8 Å². The van der Waals surface area contributed by atoms with Crippen molar-refractivity contribution in [1.82, 2.24) is 9.80 Å². The van der Waals surface area contributed by atoms with Crippen molar-refractivity contribution in [3.05, 3.63) is 11.9 Å². The Kier molecular flexibility index (Phi) is 3.73. The molecule has 0 spiro atoms. The molecule has 7 heteroatoms. The molecular formula is C9H15N3O4. The van der Waals surface area contributed by atoms with Crippen molar-refractivity contribution in [2.75, 3.05) is 20.2 Å². The zero-order valence-corrected chi connectivity index (χ0v) is 9.21. The lowest BCUT2D eigenvalue weighted by Crippen LogP contribution is -2.54. The molecule has 3 N–H and O–H groups in total. The second kappa shape index (κ2) is 4.84. The topological polar surface area (TPSA) is 96.1 Å². The predicted octanol–water partition coefficient (Wildman–Crippen LogP) is -1.60. The summed E-state index contributed by atoms with van der Waals surface area (Å²) in [7, 11) is 1.54. The first-order valence-corrected chi connectivity index (χ1v) is 4.81. The number of hydrogen-bond donors (Lipinski definition) is 2. The third-order valence-electron chi connectivity index (χ3n) is 2.10. The first kappa shape index (κ1) is 12.3. The van der Waals surface area contributed by atoms with Gasteiger partial charge in [-0.15, -0.1) is 0 Å². The number of hydrogen-bond acceptors (Lipinski definition) is 6. The van der Waals surface area contributed by atoms with Crippen LogP contribution in [-0.4, -0.2) is 53.3 Å². The third kappa shape index (κ3) is 2.43. The fourth-order valence-electron chi connectivity index (χ4n) is 1.33. The first-order chi connectivity index (χ1) is 7.47. The Balaban J connectivity index is 2.75. The highest BCUT2D eigenvalue weighted by molar-refractivity contribution is 5.95. The standard InChI is InChI=1S/C9H15N3O4/c1-3-16-7(13)5-12-8(14)6(10)4-11(2)9(12)15/h4,9,15H,3,5,10H2,1-2H3. The Hall–Kier alpha value is -1.76. The smallest absolute Gasteiger partial charge is 0.325 e. The Morgan fingerprint density at radius 2 is 2.31 bits per heavy atom. The molecule has 1 atom stereocenters. The maximum atomic E-state index is 11.6. The van der Waals surface area contributed by atoms with Gasteiger partial charge in [0.25, 0.3) is 5.91 Å². The molecule has 7 nitrogen and oxygen atoms in total. The number of carbonyl (C=O) groups excluding carboxylic acids is 2. The number of rotatable bonds is 3. The minimum absolute atomic E-state index is 0.0305. The Bertz CT molecular complexity index is 329. The van der Waals surface area contributed by atoms with Crippen LogP contribution in [0.1, 0.15) is 6.92 Å². The van der Waals surface area contributed by atoms with Crippen LogP contribution < -0.4 is 5.73 Å². The minimum Gasteiger partial charge on any atom is -0.465 e. The van der Waals surface area contributed by atoms with Crippen LogP contribution in [0.4, 0.5) is 0 Å². The maximum Gasteiger partial charge on any atom is 0.325 e. The van der Waals surface area contributed by atoms with E-state index in [0.29, 0.717) is 0 Å². The van der Waals surface area contributed by atoms with Crippen molar-refractivity contribution >= 4 is 11.9 Å². The van der Waals surface area contributed by atoms with Crippen LogP contribution in [0.25, 0.3) is 0 Å². The lowest BCUT2D eigenvalue weighted by molar-refractivity contribution is -0.164. The summed E-state index contributed by atoms with van der Waals surface area (Å²) in [5.74, 6) is -1.17. The van der Waals surface area contributed by atoms with E-state index in [0.717, 1.165) is 4.90 Å². The van der Waals surface area contributed by atoms with Gasteiger partial charge < -0.3 is 20.5 Å². The van der Waals surface area contributed by atoms with Crippen LogP contribution in [-0.2, 0) is 14.3 Å². The van der Waals surface area contributed by atoms with Crippen molar-refractivity contribution in [1.29, 1.82) is 0 Å². The molecule has 0 bridgehead atoms. The highest BCUT2D eigenvalue weighted by Crippen LogP contribution is 2.12. The third-order valence-corrected chi connectivity index (χ3v) is 2.10. The van der Waals surface area contributed by atoms with Crippen molar-refractivity contribution in [3.63, 3.8) is 0 Å². The fourth-order valence-corrected chi connectivity index (χ4v) is 1.33. The van der Waals surface area contributed by atoms with Gasteiger partial charge in [0.1, 0.15) is 12.2 Å². The molecule has 0 aliphatic carbocycles. The van der Waals surface area contributed by atoms with E-state index in [4.69, 9.17) is 5.73 Å². The molecule has 1 aliphatic rings. The van der Waals surface area contributed by atoms with Crippen molar-refractivity contribution in [2.45, 2.75) is 13.3 Å². The van der Waals surface area contributed by atoms with E-state index < -0.39 is 18.2 Å². The molecular weight excluding hydrogens is 214 g/mol. The molecule has 0 saturated heterocycles. The fraction of sp³-hybridized carbons (Fsp3) is 0.556. The van der Waals surface area contributed by atoms with Crippen LogP contribution in [0.15, 0.2) is 11.9 Å². The molecule has 0 aromatic heterocycles. The summed E-state index contributed by atoms with van der Waals surface area (Å²) in [5, 5.41) is 9.67. The van der Waals surface area contributed by atoms with Gasteiger partial charge in [-0.1, -0.05) is 0 Å². The highest BCUT2D eigenvalue weighted by Gasteiger charge is 2.32. The first-order valence-electron chi connectivity index (χ1n) is 4.81. The molecule has 1 amide bonds. The van der Waals surface area contributed by atoms with Crippen LogP contribution in [0.3, 0.4) is 0 Å². The molecule has 1 rings (SSSR count). The Labute approximate surface area is 93.1 Å². The molecule has 90 valence electrons. The lowest BCUT2D eigenvalue weighted by Gasteiger charge is -2.36. The predicted molar refractivity (Wildman–Crippen MR) is 54.4 cm³/mol. The summed E-state index contributed by atoms with van der Waals surface area (Å²) < 4.78 is 4.69. The van der Waals surface area contributed by atoms with Gasteiger partial charge in [-0.2, -0.15) is 0 Å². The van der Waals surface area contributed by atoms with E-state index in [2.05, 4.69) is 4.74 Å². The van der Waals surface area contributed by atoms with E-state index in [1.54, 1.807) is 14.0 Å². The second-order valence-electron chi connectivity index (χ2n) is 3.33. The Morgan fingerprint density at radius 1 is 1.69 bits per heavy atom. The average Bonchev–Trinajstić information content (AvgIpc) is 2.22. The number of aliphatic hydroxyl groups excluding tert-OH is 1. The van der Waals surface area contributed by atoms with Gasteiger partial charge in [-0.05, 0) is 6.92 Å². The average molecular weight is 229 g/mol. The van der Waals surface area contributed by atoms with Crippen LogP contribution >= 0.6 is 0 Å². The highest BCUT2D eigenvalue weighted by atomic mass is 16.5. The zero-order valence-electron chi connectivity index (χ0n) is 9.21. The van der Waals surface area contributed by atoms with E-state index >= 15 is 0 Å². The minimum atomic E-state index is -1.20. The molecule has 0 fully saturated rings. The van der Waals surface area contributed by atoms with Crippen molar-refractivity contribution < 1.29 is 19.4 Å². The lowest BCUT2D eigenvalue weighted by atomic mass is 10.3. The number of ether oxygens (including phenoxy) is 1. The number of carbonyl (C=O) groups is 2. The quantitative estimate of drug-likeness (QED) is 0.566. The summed E-state index contributed by atoms with van der Waals surface area (Å²) in [6.45, 7) is 1.55. The number of esters is 1. The molecule has 16 heavy (non-hydrogen) atoms. The van der Waals surface area contributed by atoms with Gasteiger partial charge in [0.05, 0.1) is 6.61 Å². The van der Waals surface area contributed by atoms with Gasteiger partial charge in [0.2, 0.25) is 6.35 Å². The summed E-state index contributed by atoms with van der Waals surface area (Å²) >= 11 is 0. The van der Waals surface area contributed by atoms with Crippen molar-refractivity contribution in [3.8, 4) is 0 Å². The molecule has 1 aliphatic heterocycles. The zero-order chi connectivity index (χ0) is 12.3. The Morgan fingerprint density at radius 3 is 2.88 bits per heavy atom. The molecule has 0 aromatic carbocycles. The van der Waals surface area contributed by atoms with Crippen LogP contribution in [0.5, 0.6) is 0 Å². The maximum absolute atomic E-state index is 11.6. The molecule has 1 unspecified atom stereocenters. The van der Waals surface area contributed by atoms with Gasteiger partial charge in [-0.3, -0.25) is 14.5 Å². The number of nitrogens with zero attached hydrogens (tertiary/aromatic N) is 2. The van der Waals surface area contributed by atoms with E-state index in [1.165, 1.54) is 11.1 Å². The molecule has 0 radical (unpaired) electrons. The van der Waals surface area contributed by atoms with Gasteiger partial charge in [-0.25, -0.2) is 0 Å². The normalized spacial score (nSPS) is 20.8. The number of nitrogens with two attached hydrogens (primary N) is 1. The van der Waals surface area contributed by atoms with Gasteiger partial charge in [0.15, 0.2) is 0 Å². The summed E-state index contributed by atoms with van der Waals surface area (Å²) in [6.07, 6.45) is 0.110. The largest absolute Gasteiger partial charge is 0.465 e. The van der Waals surface area contributed by atoms with Crippen LogP contribution in [0, 0.1) is 0 Å². The summed E-state index contributed by atoms with van der Waals surface area (Å²) in [5.41, 5.74) is 5.41. The molecule has 0 saturated carbocycles. The number of aliphatic hydroxyl groups is 1. The van der Waals surface area contributed by atoms with E-state index in [9.17, 15) is 14.7 Å². The SMILES string of the molecule is CCOC(=O)CN1C(=O)C(N)=CN(C)C1O. The molecule has 0 aromatic rings.